The van der Waals surface area contributed by atoms with Crippen LogP contribution in [-0.4, -0.2) is 37.5 Å². The molecular formula is C20H23N5O2S. The van der Waals surface area contributed by atoms with Crippen molar-refractivity contribution in [3.05, 3.63) is 45.0 Å². The zero-order valence-corrected chi connectivity index (χ0v) is 17.3. The summed E-state index contributed by atoms with van der Waals surface area (Å²) in [5.41, 5.74) is 5.86. The average molecular weight is 398 g/mol. The van der Waals surface area contributed by atoms with Crippen molar-refractivity contribution in [3.63, 3.8) is 0 Å². The zero-order valence-electron chi connectivity index (χ0n) is 16.5. The van der Waals surface area contributed by atoms with Crippen molar-refractivity contribution in [1.82, 2.24) is 25.0 Å². The summed E-state index contributed by atoms with van der Waals surface area (Å²) in [5, 5.41) is 4.03. The van der Waals surface area contributed by atoms with Gasteiger partial charge in [0.25, 0.3) is 5.91 Å². The highest BCUT2D eigenvalue weighted by Crippen LogP contribution is 2.34. The van der Waals surface area contributed by atoms with Crippen LogP contribution in [0.15, 0.2) is 16.1 Å². The Morgan fingerprint density at radius 3 is 2.68 bits per heavy atom. The Morgan fingerprint density at radius 2 is 2.00 bits per heavy atom. The summed E-state index contributed by atoms with van der Waals surface area (Å²) in [6, 6.07) is 1.92. The molecule has 3 aromatic rings. The lowest BCUT2D eigenvalue weighted by Crippen LogP contribution is -2.39. The van der Waals surface area contributed by atoms with Gasteiger partial charge in [0.1, 0.15) is 10.6 Å². The lowest BCUT2D eigenvalue weighted by Gasteiger charge is -2.35. The number of amides is 1. The summed E-state index contributed by atoms with van der Waals surface area (Å²) >= 11 is 1.40. The summed E-state index contributed by atoms with van der Waals surface area (Å²) < 4.78 is 5.30. The maximum atomic E-state index is 13.2. The molecule has 0 aliphatic carbocycles. The molecule has 0 spiro atoms. The molecule has 28 heavy (non-hydrogen) atoms. The predicted octanol–water partition coefficient (Wildman–Crippen LogP) is 4.19. The van der Waals surface area contributed by atoms with E-state index in [1.54, 1.807) is 5.51 Å². The second-order valence-electron chi connectivity index (χ2n) is 7.23. The van der Waals surface area contributed by atoms with E-state index in [0.717, 1.165) is 54.1 Å². The third-order valence-corrected chi connectivity index (χ3v) is 6.09. The minimum absolute atomic E-state index is 0.0415. The second kappa shape index (κ2) is 7.43. The Kier molecular flexibility index (Phi) is 4.97. The van der Waals surface area contributed by atoms with Gasteiger partial charge in [-0.25, -0.2) is 15.0 Å². The molecule has 8 heteroatoms. The first kappa shape index (κ1) is 18.7. The minimum Gasteiger partial charge on any atom is -0.361 e. The molecule has 146 valence electrons. The molecule has 0 N–H and O–H groups in total. The Morgan fingerprint density at radius 1 is 1.18 bits per heavy atom. The highest BCUT2D eigenvalue weighted by Gasteiger charge is 2.32. The summed E-state index contributed by atoms with van der Waals surface area (Å²) in [5.74, 6) is 1.35. The van der Waals surface area contributed by atoms with Gasteiger partial charge in [0, 0.05) is 12.2 Å². The number of carbonyl (C=O) groups excluding carboxylic acids is 1. The quantitative estimate of drug-likeness (QED) is 0.659. The van der Waals surface area contributed by atoms with Crippen LogP contribution < -0.4 is 0 Å². The largest absolute Gasteiger partial charge is 0.361 e. The van der Waals surface area contributed by atoms with Gasteiger partial charge in [-0.3, -0.25) is 4.79 Å². The van der Waals surface area contributed by atoms with E-state index in [4.69, 9.17) is 9.51 Å². The number of rotatable bonds is 3. The van der Waals surface area contributed by atoms with E-state index in [0.29, 0.717) is 16.5 Å². The van der Waals surface area contributed by atoms with Crippen LogP contribution >= 0.6 is 11.3 Å². The number of thiazole rings is 1. The molecule has 1 aliphatic heterocycles. The molecule has 7 nitrogen and oxygen atoms in total. The van der Waals surface area contributed by atoms with Crippen molar-refractivity contribution in [2.75, 3.05) is 6.54 Å². The molecule has 4 rings (SSSR count). The number of aryl methyl sites for hydroxylation is 4. The summed E-state index contributed by atoms with van der Waals surface area (Å²) in [6.07, 6.45) is 2.96. The van der Waals surface area contributed by atoms with Crippen LogP contribution in [0.3, 0.4) is 0 Å². The Labute approximate surface area is 167 Å². The molecule has 1 saturated heterocycles. The lowest BCUT2D eigenvalue weighted by atomic mass is 9.98. The Hall–Kier alpha value is -2.61. The van der Waals surface area contributed by atoms with E-state index in [9.17, 15) is 4.79 Å². The van der Waals surface area contributed by atoms with E-state index in [1.165, 1.54) is 11.3 Å². The van der Waals surface area contributed by atoms with Gasteiger partial charge in [0.05, 0.1) is 34.2 Å². The second-order valence-corrected chi connectivity index (χ2v) is 8.09. The molecular weight excluding hydrogens is 374 g/mol. The van der Waals surface area contributed by atoms with Crippen molar-refractivity contribution in [2.45, 2.75) is 53.0 Å². The SMILES string of the molecule is Cc1cc([C@H]2CCCCN2C(=O)c2scnc2C)nc(-c2c(C)noc2C)n1. The molecule has 0 bridgehead atoms. The molecule has 1 fully saturated rings. The number of carbonyl (C=O) groups is 1. The van der Waals surface area contributed by atoms with Gasteiger partial charge in [-0.2, -0.15) is 0 Å². The number of hydrogen-bond donors (Lipinski definition) is 0. The topological polar surface area (TPSA) is 85.0 Å². The molecule has 0 radical (unpaired) electrons. The maximum Gasteiger partial charge on any atom is 0.266 e. The van der Waals surface area contributed by atoms with Crippen LogP contribution in [0.25, 0.3) is 11.4 Å². The van der Waals surface area contributed by atoms with Crippen LogP contribution in [0.5, 0.6) is 0 Å². The first-order chi connectivity index (χ1) is 13.5. The summed E-state index contributed by atoms with van der Waals surface area (Å²) in [7, 11) is 0. The zero-order chi connectivity index (χ0) is 19.8. The molecule has 4 heterocycles. The van der Waals surface area contributed by atoms with E-state index in [-0.39, 0.29) is 11.9 Å². The van der Waals surface area contributed by atoms with Gasteiger partial charge in [-0.15, -0.1) is 11.3 Å². The van der Waals surface area contributed by atoms with E-state index in [1.807, 2.05) is 38.7 Å². The third kappa shape index (κ3) is 3.32. The molecule has 1 atom stereocenters. The molecule has 0 unspecified atom stereocenters. The average Bonchev–Trinajstić information content (AvgIpc) is 3.25. The van der Waals surface area contributed by atoms with Gasteiger partial charge in [0.2, 0.25) is 0 Å². The first-order valence-electron chi connectivity index (χ1n) is 9.45. The minimum atomic E-state index is -0.0660. The number of hydrogen-bond acceptors (Lipinski definition) is 7. The normalized spacial score (nSPS) is 17.1. The van der Waals surface area contributed by atoms with Crippen LogP contribution in [0.1, 0.15) is 63.5 Å². The molecule has 1 aliphatic rings. The Balaban J connectivity index is 1.74. The van der Waals surface area contributed by atoms with E-state index in [2.05, 4.69) is 15.1 Å². The van der Waals surface area contributed by atoms with Crippen LogP contribution in [0.4, 0.5) is 0 Å². The smallest absolute Gasteiger partial charge is 0.266 e. The summed E-state index contributed by atoms with van der Waals surface area (Å²) in [6.45, 7) is 8.32. The predicted molar refractivity (Wildman–Crippen MR) is 106 cm³/mol. The van der Waals surface area contributed by atoms with Crippen molar-refractivity contribution in [2.24, 2.45) is 0 Å². The number of aromatic nitrogens is 4. The van der Waals surface area contributed by atoms with Crippen molar-refractivity contribution >= 4 is 17.2 Å². The highest BCUT2D eigenvalue weighted by molar-refractivity contribution is 7.11. The lowest BCUT2D eigenvalue weighted by molar-refractivity contribution is 0.0610. The van der Waals surface area contributed by atoms with E-state index >= 15 is 0 Å². The van der Waals surface area contributed by atoms with Gasteiger partial charge < -0.3 is 9.42 Å². The molecule has 1 amide bonds. The number of piperidine rings is 1. The molecule has 0 saturated carbocycles. The summed E-state index contributed by atoms with van der Waals surface area (Å²) in [4.78, 5) is 29.5. The van der Waals surface area contributed by atoms with Crippen molar-refractivity contribution in [1.29, 1.82) is 0 Å². The van der Waals surface area contributed by atoms with Crippen molar-refractivity contribution < 1.29 is 9.32 Å². The maximum absolute atomic E-state index is 13.2. The van der Waals surface area contributed by atoms with Crippen LogP contribution in [0, 0.1) is 27.7 Å². The van der Waals surface area contributed by atoms with Gasteiger partial charge in [-0.1, -0.05) is 5.16 Å². The Bertz CT molecular complexity index is 1010. The first-order valence-corrected chi connectivity index (χ1v) is 10.3. The third-order valence-electron chi connectivity index (χ3n) is 5.18. The standard InChI is InChI=1S/C20H23N5O2S/c1-11-9-15(23-19(22-11)17-12(2)24-27-14(17)4)16-7-5-6-8-25(16)20(26)18-13(3)21-10-28-18/h9-10,16H,5-8H2,1-4H3/t16-/m1/s1. The fraction of sp³-hybridized carbons (Fsp3) is 0.450. The monoisotopic (exact) mass is 397 g/mol. The van der Waals surface area contributed by atoms with Gasteiger partial charge >= 0.3 is 0 Å². The number of likely N-dealkylation sites (tertiary alicyclic amines) is 1. The fourth-order valence-corrected chi connectivity index (χ4v) is 4.55. The van der Waals surface area contributed by atoms with Gasteiger partial charge in [0.15, 0.2) is 5.82 Å². The highest BCUT2D eigenvalue weighted by atomic mass is 32.1. The van der Waals surface area contributed by atoms with Crippen LogP contribution in [0.2, 0.25) is 0 Å². The molecule has 3 aromatic heterocycles. The van der Waals surface area contributed by atoms with Crippen LogP contribution in [-0.2, 0) is 0 Å². The molecule has 0 aromatic carbocycles. The van der Waals surface area contributed by atoms with Crippen molar-refractivity contribution in [3.8, 4) is 11.4 Å². The van der Waals surface area contributed by atoms with E-state index < -0.39 is 0 Å². The number of nitrogens with zero attached hydrogens (tertiary/aromatic N) is 5. The fourth-order valence-electron chi connectivity index (χ4n) is 3.80. The van der Waals surface area contributed by atoms with Gasteiger partial charge in [-0.05, 0) is 53.0 Å².